The van der Waals surface area contributed by atoms with Gasteiger partial charge in [0, 0.05) is 22.0 Å². The van der Waals surface area contributed by atoms with Gasteiger partial charge in [0.05, 0.1) is 18.4 Å². The van der Waals surface area contributed by atoms with Crippen molar-refractivity contribution in [3.8, 4) is 11.4 Å². The van der Waals surface area contributed by atoms with Gasteiger partial charge in [-0.05, 0) is 36.4 Å². The molecule has 1 amide bonds. The van der Waals surface area contributed by atoms with Crippen LogP contribution in [0.4, 0.5) is 4.39 Å². The minimum Gasteiger partial charge on any atom is -0.505 e. The maximum atomic E-state index is 13.4. The normalized spacial score (nSPS) is 11.0. The topological polar surface area (TPSA) is 95.8 Å². The predicted molar refractivity (Wildman–Crippen MR) is 97.5 cm³/mol. The first kappa shape index (κ1) is 17.0. The summed E-state index contributed by atoms with van der Waals surface area (Å²) < 4.78 is 14.8. The minimum atomic E-state index is -0.753. The van der Waals surface area contributed by atoms with Crippen molar-refractivity contribution in [3.63, 3.8) is 0 Å². The summed E-state index contributed by atoms with van der Waals surface area (Å²) in [7, 11) is 0. The molecular weight excluding hydrogens is 373 g/mol. The van der Waals surface area contributed by atoms with Gasteiger partial charge in [-0.15, -0.1) is 5.10 Å². The van der Waals surface area contributed by atoms with Crippen LogP contribution in [-0.2, 0) is 6.54 Å². The number of hydrogen-bond acceptors (Lipinski definition) is 4. The third-order valence-corrected chi connectivity index (χ3v) is 4.23. The van der Waals surface area contributed by atoms with Crippen molar-refractivity contribution in [1.29, 1.82) is 0 Å². The standard InChI is InChI=1S/C18H13ClFN5O2/c19-11-1-3-15-10(5-11)6-16(22-15)18(27)21-8-12-9-25(24-23-12)13-2-4-17(26)14(20)7-13/h1-7,9,22,26H,8H2,(H,21,27). The average molecular weight is 386 g/mol. The lowest BCUT2D eigenvalue weighted by Gasteiger charge is -2.01. The third kappa shape index (κ3) is 3.47. The second-order valence-electron chi connectivity index (χ2n) is 5.89. The fourth-order valence-electron chi connectivity index (χ4n) is 2.64. The lowest BCUT2D eigenvalue weighted by Crippen LogP contribution is -2.23. The molecule has 0 aliphatic heterocycles. The van der Waals surface area contributed by atoms with Crippen molar-refractivity contribution >= 4 is 28.4 Å². The zero-order valence-corrected chi connectivity index (χ0v) is 14.5. The first-order chi connectivity index (χ1) is 13.0. The third-order valence-electron chi connectivity index (χ3n) is 3.99. The zero-order chi connectivity index (χ0) is 19.0. The van der Waals surface area contributed by atoms with Crippen molar-refractivity contribution in [2.75, 3.05) is 0 Å². The van der Waals surface area contributed by atoms with E-state index in [2.05, 4.69) is 20.6 Å². The van der Waals surface area contributed by atoms with Crippen molar-refractivity contribution in [2.45, 2.75) is 6.54 Å². The highest BCUT2D eigenvalue weighted by Crippen LogP contribution is 2.20. The highest BCUT2D eigenvalue weighted by atomic mass is 35.5. The maximum absolute atomic E-state index is 13.4. The number of amides is 1. The smallest absolute Gasteiger partial charge is 0.268 e. The number of aromatic hydroxyl groups is 1. The summed E-state index contributed by atoms with van der Waals surface area (Å²) in [4.78, 5) is 15.3. The summed E-state index contributed by atoms with van der Waals surface area (Å²) in [6.45, 7) is 0.148. The number of rotatable bonds is 4. The van der Waals surface area contributed by atoms with E-state index >= 15 is 0 Å². The molecule has 4 rings (SSSR count). The molecule has 0 aliphatic carbocycles. The number of aromatic amines is 1. The van der Waals surface area contributed by atoms with Crippen LogP contribution in [-0.4, -0.2) is 31.0 Å². The number of fused-ring (bicyclic) bond motifs is 1. The molecule has 0 fully saturated rings. The summed E-state index contributed by atoms with van der Waals surface area (Å²) in [5.41, 5.74) is 2.11. The van der Waals surface area contributed by atoms with Crippen molar-refractivity contribution in [3.05, 3.63) is 70.9 Å². The SMILES string of the molecule is O=C(NCc1cn(-c2ccc(O)c(F)c2)nn1)c1cc2cc(Cl)ccc2[nH]1. The van der Waals surface area contributed by atoms with Gasteiger partial charge in [-0.3, -0.25) is 4.79 Å². The van der Waals surface area contributed by atoms with Gasteiger partial charge in [0.25, 0.3) is 5.91 Å². The number of nitrogens with zero attached hydrogens (tertiary/aromatic N) is 3. The lowest BCUT2D eigenvalue weighted by molar-refractivity contribution is 0.0946. The van der Waals surface area contributed by atoms with Crippen LogP contribution in [0, 0.1) is 5.82 Å². The van der Waals surface area contributed by atoms with Crippen molar-refractivity contribution < 1.29 is 14.3 Å². The zero-order valence-electron chi connectivity index (χ0n) is 13.8. The van der Waals surface area contributed by atoms with Gasteiger partial charge in [0.1, 0.15) is 11.4 Å². The average Bonchev–Trinajstić information content (AvgIpc) is 3.28. The number of carbonyl (C=O) groups excluding carboxylic acids is 1. The van der Waals surface area contributed by atoms with Crippen LogP contribution in [0.1, 0.15) is 16.2 Å². The molecule has 0 atom stereocenters. The Hall–Kier alpha value is -3.39. The molecule has 2 heterocycles. The molecule has 3 N–H and O–H groups in total. The Bertz CT molecular complexity index is 1150. The number of phenolic OH excluding ortho intramolecular Hbond substituents is 1. The number of H-pyrrole nitrogens is 1. The Balaban J connectivity index is 1.45. The Morgan fingerprint density at radius 3 is 2.93 bits per heavy atom. The number of carbonyl (C=O) groups is 1. The van der Waals surface area contributed by atoms with E-state index in [4.69, 9.17) is 11.6 Å². The molecule has 27 heavy (non-hydrogen) atoms. The summed E-state index contributed by atoms with van der Waals surface area (Å²) >= 11 is 5.95. The molecule has 2 aromatic carbocycles. The summed E-state index contributed by atoms with van der Waals surface area (Å²) in [6.07, 6.45) is 1.57. The molecule has 0 saturated carbocycles. The fourth-order valence-corrected chi connectivity index (χ4v) is 2.82. The molecule has 0 spiro atoms. The molecule has 136 valence electrons. The van der Waals surface area contributed by atoms with Gasteiger partial charge < -0.3 is 15.4 Å². The van der Waals surface area contributed by atoms with E-state index in [1.165, 1.54) is 16.8 Å². The maximum Gasteiger partial charge on any atom is 0.268 e. The molecule has 2 aromatic heterocycles. The molecule has 0 saturated heterocycles. The van der Waals surface area contributed by atoms with Gasteiger partial charge in [-0.25, -0.2) is 9.07 Å². The van der Waals surface area contributed by atoms with Crippen LogP contribution < -0.4 is 5.32 Å². The van der Waals surface area contributed by atoms with Crippen LogP contribution in [0.25, 0.3) is 16.6 Å². The molecule has 7 nitrogen and oxygen atoms in total. The minimum absolute atomic E-state index is 0.148. The van der Waals surface area contributed by atoms with Gasteiger partial charge in [0.15, 0.2) is 11.6 Å². The van der Waals surface area contributed by atoms with E-state index in [1.807, 2.05) is 0 Å². The van der Waals surface area contributed by atoms with Crippen LogP contribution in [0.2, 0.25) is 5.02 Å². The van der Waals surface area contributed by atoms with Crippen LogP contribution in [0.15, 0.2) is 48.7 Å². The number of benzene rings is 2. The van der Waals surface area contributed by atoms with E-state index in [1.54, 1.807) is 30.5 Å². The molecular formula is C18H13ClFN5O2. The number of phenols is 1. The van der Waals surface area contributed by atoms with Gasteiger partial charge in [-0.1, -0.05) is 16.8 Å². The summed E-state index contributed by atoms with van der Waals surface area (Å²) in [5, 5.41) is 21.3. The first-order valence-electron chi connectivity index (χ1n) is 7.96. The molecule has 0 bridgehead atoms. The fraction of sp³-hybridized carbons (Fsp3) is 0.0556. The van der Waals surface area contributed by atoms with E-state index in [0.717, 1.165) is 17.0 Å². The highest BCUT2D eigenvalue weighted by molar-refractivity contribution is 6.31. The molecule has 9 heteroatoms. The van der Waals surface area contributed by atoms with Crippen LogP contribution in [0.3, 0.4) is 0 Å². The number of hydrogen-bond donors (Lipinski definition) is 3. The Labute approximate surface area is 157 Å². The van der Waals surface area contributed by atoms with E-state index in [9.17, 15) is 14.3 Å². The van der Waals surface area contributed by atoms with E-state index < -0.39 is 11.6 Å². The number of aromatic nitrogens is 4. The monoisotopic (exact) mass is 385 g/mol. The quantitative estimate of drug-likeness (QED) is 0.502. The second-order valence-corrected chi connectivity index (χ2v) is 6.32. The van der Waals surface area contributed by atoms with Crippen LogP contribution in [0.5, 0.6) is 5.75 Å². The summed E-state index contributed by atoms with van der Waals surface area (Å²) in [6, 6.07) is 10.9. The van der Waals surface area contributed by atoms with Crippen LogP contribution >= 0.6 is 11.6 Å². The Kier molecular flexibility index (Phi) is 4.25. The highest BCUT2D eigenvalue weighted by Gasteiger charge is 2.11. The van der Waals surface area contributed by atoms with Gasteiger partial charge in [-0.2, -0.15) is 0 Å². The van der Waals surface area contributed by atoms with E-state index in [-0.39, 0.29) is 12.5 Å². The van der Waals surface area contributed by atoms with E-state index in [0.29, 0.717) is 22.1 Å². The lowest BCUT2D eigenvalue weighted by atomic mass is 10.2. The van der Waals surface area contributed by atoms with Gasteiger partial charge in [0.2, 0.25) is 0 Å². The second kappa shape index (κ2) is 6.73. The van der Waals surface area contributed by atoms with Crippen molar-refractivity contribution in [2.24, 2.45) is 0 Å². The van der Waals surface area contributed by atoms with Crippen molar-refractivity contribution in [1.82, 2.24) is 25.3 Å². The first-order valence-corrected chi connectivity index (χ1v) is 8.34. The number of nitrogens with one attached hydrogen (secondary N) is 2. The molecule has 0 aliphatic rings. The largest absolute Gasteiger partial charge is 0.505 e. The van der Waals surface area contributed by atoms with Gasteiger partial charge >= 0.3 is 0 Å². The molecule has 0 radical (unpaired) electrons. The summed E-state index contributed by atoms with van der Waals surface area (Å²) in [5.74, 6) is -1.49. The molecule has 4 aromatic rings. The number of halogens is 2. The molecule has 0 unspecified atom stereocenters. The Morgan fingerprint density at radius 2 is 2.11 bits per heavy atom. The Morgan fingerprint density at radius 1 is 1.26 bits per heavy atom. The predicted octanol–water partition coefficient (Wildman–Crippen LogP) is 3.18.